The first-order chi connectivity index (χ1) is 12.8. The molecule has 1 atom stereocenters. The molecular weight excluding hydrogens is 357 g/mol. The highest BCUT2D eigenvalue weighted by molar-refractivity contribution is 5.94. The standard InChI is InChI=1S/C20H25F3N2O2/c21-20(22,23)17-7-3-6-16(13-17)19(27)25-12-4-5-15(14-25)8-9-18(26)24-10-1-2-11-24/h3,6-7,13,15H,1-2,4-5,8-12,14H2/t15-/m1/s1. The molecule has 27 heavy (non-hydrogen) atoms. The summed E-state index contributed by atoms with van der Waals surface area (Å²) in [5.74, 6) is 0.0329. The van der Waals surface area contributed by atoms with Crippen molar-refractivity contribution in [1.82, 2.24) is 9.80 Å². The van der Waals surface area contributed by atoms with Crippen LogP contribution in [0.15, 0.2) is 24.3 Å². The van der Waals surface area contributed by atoms with E-state index in [1.54, 1.807) is 4.90 Å². The summed E-state index contributed by atoms with van der Waals surface area (Å²) >= 11 is 0. The molecule has 0 N–H and O–H groups in total. The van der Waals surface area contributed by atoms with E-state index < -0.39 is 11.7 Å². The summed E-state index contributed by atoms with van der Waals surface area (Å²) in [6.07, 6.45) is 0.629. The maximum atomic E-state index is 12.9. The molecule has 0 bridgehead atoms. The van der Waals surface area contributed by atoms with E-state index in [9.17, 15) is 22.8 Å². The maximum Gasteiger partial charge on any atom is 0.416 e. The van der Waals surface area contributed by atoms with Crippen molar-refractivity contribution in [2.45, 2.75) is 44.7 Å². The molecule has 0 spiro atoms. The van der Waals surface area contributed by atoms with E-state index in [0.29, 0.717) is 19.5 Å². The number of benzene rings is 1. The van der Waals surface area contributed by atoms with Gasteiger partial charge in [-0.1, -0.05) is 6.07 Å². The SMILES string of the molecule is O=C(CC[C@H]1CCCN(C(=O)c2cccc(C(F)(F)F)c2)C1)N1CCCC1. The number of piperidine rings is 1. The van der Waals surface area contributed by atoms with Crippen LogP contribution in [0, 0.1) is 5.92 Å². The molecule has 1 aromatic carbocycles. The normalized spacial score (nSPS) is 20.8. The number of nitrogens with zero attached hydrogens (tertiary/aromatic N) is 2. The van der Waals surface area contributed by atoms with Crippen LogP contribution in [0.4, 0.5) is 13.2 Å². The van der Waals surface area contributed by atoms with E-state index in [2.05, 4.69) is 0 Å². The third-order valence-electron chi connectivity index (χ3n) is 5.47. The van der Waals surface area contributed by atoms with Crippen molar-refractivity contribution in [2.75, 3.05) is 26.2 Å². The van der Waals surface area contributed by atoms with Crippen LogP contribution in [0.1, 0.15) is 54.4 Å². The quantitative estimate of drug-likeness (QED) is 0.791. The van der Waals surface area contributed by atoms with Gasteiger partial charge in [0.15, 0.2) is 0 Å². The molecule has 4 nitrogen and oxygen atoms in total. The first-order valence-electron chi connectivity index (χ1n) is 9.59. The minimum absolute atomic E-state index is 0.0682. The molecule has 1 aromatic rings. The highest BCUT2D eigenvalue weighted by atomic mass is 19.4. The number of amides is 2. The smallest absolute Gasteiger partial charge is 0.343 e. The van der Waals surface area contributed by atoms with Crippen LogP contribution in [0.5, 0.6) is 0 Å². The van der Waals surface area contributed by atoms with Gasteiger partial charge < -0.3 is 9.80 Å². The number of carbonyl (C=O) groups excluding carboxylic acids is 2. The fourth-order valence-corrected chi connectivity index (χ4v) is 3.95. The van der Waals surface area contributed by atoms with E-state index in [-0.39, 0.29) is 23.3 Å². The van der Waals surface area contributed by atoms with Crippen molar-refractivity contribution in [1.29, 1.82) is 0 Å². The number of likely N-dealkylation sites (tertiary alicyclic amines) is 2. The van der Waals surface area contributed by atoms with Gasteiger partial charge in [-0.25, -0.2) is 0 Å². The molecule has 0 radical (unpaired) electrons. The second-order valence-corrected chi connectivity index (χ2v) is 7.46. The van der Waals surface area contributed by atoms with Gasteiger partial charge in [-0.2, -0.15) is 13.2 Å². The fraction of sp³-hybridized carbons (Fsp3) is 0.600. The van der Waals surface area contributed by atoms with Crippen LogP contribution >= 0.6 is 0 Å². The molecule has 148 valence electrons. The molecule has 2 aliphatic heterocycles. The second-order valence-electron chi connectivity index (χ2n) is 7.46. The summed E-state index contributed by atoms with van der Waals surface area (Å²) in [6, 6.07) is 4.59. The number of carbonyl (C=O) groups is 2. The van der Waals surface area contributed by atoms with E-state index in [1.807, 2.05) is 4.90 Å². The zero-order valence-corrected chi connectivity index (χ0v) is 15.3. The van der Waals surface area contributed by atoms with Crippen LogP contribution in [0.25, 0.3) is 0 Å². The molecule has 2 heterocycles. The van der Waals surface area contributed by atoms with E-state index in [0.717, 1.165) is 57.3 Å². The van der Waals surface area contributed by atoms with Crippen molar-refractivity contribution in [2.24, 2.45) is 5.92 Å². The molecule has 0 aliphatic carbocycles. The molecule has 0 aromatic heterocycles. The molecule has 0 unspecified atom stereocenters. The van der Waals surface area contributed by atoms with Gasteiger partial charge in [0.25, 0.3) is 5.91 Å². The largest absolute Gasteiger partial charge is 0.416 e. The Kier molecular flexibility index (Phi) is 6.07. The van der Waals surface area contributed by atoms with E-state index >= 15 is 0 Å². The molecule has 2 fully saturated rings. The Balaban J connectivity index is 1.57. The first-order valence-corrected chi connectivity index (χ1v) is 9.59. The number of hydrogen-bond acceptors (Lipinski definition) is 2. The molecular formula is C20H25F3N2O2. The van der Waals surface area contributed by atoms with Crippen LogP contribution in [-0.2, 0) is 11.0 Å². The predicted octanol–water partition coefficient (Wildman–Crippen LogP) is 3.96. The van der Waals surface area contributed by atoms with Gasteiger partial charge in [0.2, 0.25) is 5.91 Å². The number of alkyl halides is 3. The lowest BCUT2D eigenvalue weighted by molar-refractivity contribution is -0.137. The van der Waals surface area contributed by atoms with Crippen LogP contribution in [0.3, 0.4) is 0 Å². The summed E-state index contributed by atoms with van der Waals surface area (Å²) < 4.78 is 38.6. The Morgan fingerprint density at radius 1 is 1.04 bits per heavy atom. The average Bonchev–Trinajstić information content (AvgIpc) is 3.20. The number of rotatable bonds is 4. The van der Waals surface area contributed by atoms with Crippen LogP contribution < -0.4 is 0 Å². The molecule has 2 saturated heterocycles. The number of hydrogen-bond donors (Lipinski definition) is 0. The highest BCUT2D eigenvalue weighted by Gasteiger charge is 2.32. The summed E-state index contributed by atoms with van der Waals surface area (Å²) in [6.45, 7) is 2.72. The van der Waals surface area contributed by atoms with Crippen molar-refractivity contribution >= 4 is 11.8 Å². The Labute approximate surface area is 157 Å². The Bertz CT molecular complexity index is 684. The van der Waals surface area contributed by atoms with Gasteiger partial charge in [-0.05, 0) is 56.2 Å². The van der Waals surface area contributed by atoms with Gasteiger partial charge in [0, 0.05) is 38.2 Å². The lowest BCUT2D eigenvalue weighted by Gasteiger charge is -2.33. The van der Waals surface area contributed by atoms with Crippen molar-refractivity contribution in [3.63, 3.8) is 0 Å². The summed E-state index contributed by atoms with van der Waals surface area (Å²) in [4.78, 5) is 28.4. The monoisotopic (exact) mass is 382 g/mol. The van der Waals surface area contributed by atoms with E-state index in [1.165, 1.54) is 12.1 Å². The van der Waals surface area contributed by atoms with Gasteiger partial charge >= 0.3 is 6.18 Å². The van der Waals surface area contributed by atoms with Crippen LogP contribution in [0.2, 0.25) is 0 Å². The Hall–Kier alpha value is -2.05. The van der Waals surface area contributed by atoms with Crippen molar-refractivity contribution in [3.05, 3.63) is 35.4 Å². The third kappa shape index (κ3) is 5.02. The summed E-state index contributed by atoms with van der Waals surface area (Å²) in [5.41, 5.74) is -0.739. The highest BCUT2D eigenvalue weighted by Crippen LogP contribution is 2.30. The molecule has 3 rings (SSSR count). The maximum absolute atomic E-state index is 12.9. The number of halogens is 3. The van der Waals surface area contributed by atoms with Crippen molar-refractivity contribution in [3.8, 4) is 0 Å². The van der Waals surface area contributed by atoms with Crippen LogP contribution in [-0.4, -0.2) is 47.8 Å². The lowest BCUT2D eigenvalue weighted by Crippen LogP contribution is -2.40. The topological polar surface area (TPSA) is 40.6 Å². The van der Waals surface area contributed by atoms with Gasteiger partial charge in [-0.15, -0.1) is 0 Å². The zero-order chi connectivity index (χ0) is 19.4. The molecule has 2 amide bonds. The molecule has 0 saturated carbocycles. The van der Waals surface area contributed by atoms with E-state index in [4.69, 9.17) is 0 Å². The minimum Gasteiger partial charge on any atom is -0.343 e. The third-order valence-corrected chi connectivity index (χ3v) is 5.47. The van der Waals surface area contributed by atoms with Gasteiger partial charge in [-0.3, -0.25) is 9.59 Å². The molecule has 2 aliphatic rings. The first kappa shape index (κ1) is 19.7. The Morgan fingerprint density at radius 2 is 1.74 bits per heavy atom. The molecule has 7 heteroatoms. The van der Waals surface area contributed by atoms with Crippen molar-refractivity contribution < 1.29 is 22.8 Å². The van der Waals surface area contributed by atoms with Gasteiger partial charge in [0.05, 0.1) is 5.56 Å². The zero-order valence-electron chi connectivity index (χ0n) is 15.3. The Morgan fingerprint density at radius 3 is 2.44 bits per heavy atom. The summed E-state index contributed by atoms with van der Waals surface area (Å²) in [5, 5.41) is 0. The predicted molar refractivity (Wildman–Crippen MR) is 95.1 cm³/mol. The summed E-state index contributed by atoms with van der Waals surface area (Å²) in [7, 11) is 0. The second kappa shape index (κ2) is 8.31. The lowest BCUT2D eigenvalue weighted by atomic mass is 9.92. The average molecular weight is 382 g/mol. The van der Waals surface area contributed by atoms with Gasteiger partial charge in [0.1, 0.15) is 0 Å². The fourth-order valence-electron chi connectivity index (χ4n) is 3.95. The minimum atomic E-state index is -4.46.